The molecule has 0 bridgehead atoms. The lowest BCUT2D eigenvalue weighted by Gasteiger charge is -2.27. The van der Waals surface area contributed by atoms with E-state index in [9.17, 15) is 5.11 Å². The summed E-state index contributed by atoms with van der Waals surface area (Å²) < 4.78 is 0. The zero-order chi connectivity index (χ0) is 13.9. The van der Waals surface area contributed by atoms with Crippen molar-refractivity contribution < 1.29 is 5.11 Å². The summed E-state index contributed by atoms with van der Waals surface area (Å²) in [4.78, 5) is 1.31. The average molecular weight is 274 g/mol. The van der Waals surface area contributed by atoms with Gasteiger partial charge in [0, 0.05) is 4.88 Å². The monoisotopic (exact) mass is 274 g/mol. The van der Waals surface area contributed by atoms with Gasteiger partial charge < -0.3 is 5.11 Å². The third-order valence-electron chi connectivity index (χ3n) is 3.98. The van der Waals surface area contributed by atoms with Crippen molar-refractivity contribution >= 4 is 11.3 Å². The molecular formula is C17H22OS. The number of rotatable bonds is 5. The van der Waals surface area contributed by atoms with Crippen LogP contribution in [0.3, 0.4) is 0 Å². The molecule has 0 saturated heterocycles. The Hall–Kier alpha value is -1.12. The van der Waals surface area contributed by atoms with Gasteiger partial charge in [-0.05, 0) is 47.4 Å². The second-order valence-electron chi connectivity index (χ2n) is 4.94. The van der Waals surface area contributed by atoms with Crippen molar-refractivity contribution in [3.05, 3.63) is 46.8 Å². The Bertz CT molecular complexity index is 524. The second-order valence-corrected chi connectivity index (χ2v) is 5.89. The number of aryl methyl sites for hydroxylation is 1. The summed E-state index contributed by atoms with van der Waals surface area (Å²) >= 11 is 1.77. The second kappa shape index (κ2) is 5.89. The van der Waals surface area contributed by atoms with Crippen LogP contribution in [0.5, 0.6) is 0 Å². The molecule has 0 fully saturated rings. The summed E-state index contributed by atoms with van der Waals surface area (Å²) in [5.41, 5.74) is 2.99. The molecule has 2 aromatic rings. The van der Waals surface area contributed by atoms with Gasteiger partial charge in [0.15, 0.2) is 0 Å². The van der Waals surface area contributed by atoms with Crippen molar-refractivity contribution in [3.8, 4) is 10.4 Å². The molecule has 1 N–H and O–H groups in total. The molecule has 1 heterocycles. The fraction of sp³-hybridized carbons (Fsp3) is 0.412. The van der Waals surface area contributed by atoms with E-state index in [2.05, 4.69) is 42.6 Å². The topological polar surface area (TPSA) is 20.2 Å². The molecule has 2 rings (SSSR count). The average Bonchev–Trinajstić information content (AvgIpc) is 2.99. The third kappa shape index (κ3) is 2.75. The van der Waals surface area contributed by atoms with Crippen LogP contribution in [0.4, 0.5) is 0 Å². The molecule has 0 aliphatic rings. The van der Waals surface area contributed by atoms with E-state index < -0.39 is 5.60 Å². The van der Waals surface area contributed by atoms with Gasteiger partial charge in [-0.2, -0.15) is 0 Å². The van der Waals surface area contributed by atoms with Crippen molar-refractivity contribution in [2.45, 2.75) is 45.6 Å². The Morgan fingerprint density at radius 3 is 2.37 bits per heavy atom. The SMILES string of the molecule is CCc1cc(C(O)(CC)CC)ccc1-c1cccs1. The van der Waals surface area contributed by atoms with Crippen LogP contribution in [0.15, 0.2) is 35.7 Å². The van der Waals surface area contributed by atoms with E-state index in [0.29, 0.717) is 0 Å². The summed E-state index contributed by atoms with van der Waals surface area (Å²) in [6.45, 7) is 6.26. The number of hydrogen-bond donors (Lipinski definition) is 1. The fourth-order valence-electron chi connectivity index (χ4n) is 2.51. The zero-order valence-corrected chi connectivity index (χ0v) is 12.8. The van der Waals surface area contributed by atoms with E-state index in [0.717, 1.165) is 24.8 Å². The van der Waals surface area contributed by atoms with Gasteiger partial charge in [0.1, 0.15) is 0 Å². The molecule has 0 aliphatic carbocycles. The predicted molar refractivity (Wildman–Crippen MR) is 83.6 cm³/mol. The summed E-state index contributed by atoms with van der Waals surface area (Å²) in [5.74, 6) is 0. The highest BCUT2D eigenvalue weighted by Gasteiger charge is 2.25. The largest absolute Gasteiger partial charge is 0.385 e. The maximum atomic E-state index is 10.6. The summed E-state index contributed by atoms with van der Waals surface area (Å²) in [6, 6.07) is 10.7. The van der Waals surface area contributed by atoms with Crippen LogP contribution in [0, 0.1) is 0 Å². The fourth-order valence-corrected chi connectivity index (χ4v) is 3.29. The van der Waals surface area contributed by atoms with Crippen molar-refractivity contribution in [2.75, 3.05) is 0 Å². The normalized spacial score (nSPS) is 11.8. The number of hydrogen-bond acceptors (Lipinski definition) is 2. The van der Waals surface area contributed by atoms with Crippen molar-refractivity contribution in [2.24, 2.45) is 0 Å². The Labute approximate surface area is 119 Å². The molecule has 19 heavy (non-hydrogen) atoms. The third-order valence-corrected chi connectivity index (χ3v) is 4.88. The highest BCUT2D eigenvalue weighted by atomic mass is 32.1. The summed E-state index contributed by atoms with van der Waals surface area (Å²) in [7, 11) is 0. The van der Waals surface area contributed by atoms with Gasteiger partial charge in [0.2, 0.25) is 0 Å². The molecule has 0 unspecified atom stereocenters. The van der Waals surface area contributed by atoms with Crippen LogP contribution < -0.4 is 0 Å². The lowest BCUT2D eigenvalue weighted by atomic mass is 9.86. The molecule has 1 aromatic carbocycles. The molecule has 102 valence electrons. The van der Waals surface area contributed by atoms with Crippen LogP contribution in [-0.2, 0) is 12.0 Å². The lowest BCUT2D eigenvalue weighted by molar-refractivity contribution is 0.0283. The Morgan fingerprint density at radius 2 is 1.84 bits per heavy atom. The van der Waals surface area contributed by atoms with Gasteiger partial charge in [0.25, 0.3) is 0 Å². The number of thiophene rings is 1. The molecule has 2 heteroatoms. The van der Waals surface area contributed by atoms with Crippen LogP contribution >= 0.6 is 11.3 Å². The molecule has 1 aromatic heterocycles. The minimum Gasteiger partial charge on any atom is -0.385 e. The maximum absolute atomic E-state index is 10.6. The number of aliphatic hydroxyl groups is 1. The minimum atomic E-state index is -0.683. The smallest absolute Gasteiger partial charge is 0.0891 e. The Kier molecular flexibility index (Phi) is 4.43. The Morgan fingerprint density at radius 1 is 1.11 bits per heavy atom. The standard InChI is InChI=1S/C17H22OS/c1-4-13-12-14(17(18,5-2)6-3)9-10-15(13)16-8-7-11-19-16/h7-12,18H,4-6H2,1-3H3. The van der Waals surface area contributed by atoms with Crippen LogP contribution in [0.2, 0.25) is 0 Å². The van der Waals surface area contributed by atoms with E-state index in [1.165, 1.54) is 16.0 Å². The van der Waals surface area contributed by atoms with Gasteiger partial charge >= 0.3 is 0 Å². The number of benzene rings is 1. The van der Waals surface area contributed by atoms with Gasteiger partial charge in [-0.15, -0.1) is 11.3 Å². The first-order valence-corrected chi connectivity index (χ1v) is 7.92. The highest BCUT2D eigenvalue weighted by Crippen LogP contribution is 2.34. The quantitative estimate of drug-likeness (QED) is 0.814. The van der Waals surface area contributed by atoms with Crippen molar-refractivity contribution in [3.63, 3.8) is 0 Å². The maximum Gasteiger partial charge on any atom is 0.0891 e. The van der Waals surface area contributed by atoms with Crippen LogP contribution in [0.1, 0.15) is 44.7 Å². The molecule has 0 aliphatic heterocycles. The van der Waals surface area contributed by atoms with E-state index in [1.807, 2.05) is 13.8 Å². The first-order valence-electron chi connectivity index (χ1n) is 7.04. The zero-order valence-electron chi connectivity index (χ0n) is 11.9. The van der Waals surface area contributed by atoms with Gasteiger partial charge in [0.05, 0.1) is 5.60 Å². The molecule has 0 radical (unpaired) electrons. The van der Waals surface area contributed by atoms with Gasteiger partial charge in [-0.25, -0.2) is 0 Å². The minimum absolute atomic E-state index is 0.683. The molecule has 0 saturated carbocycles. The van der Waals surface area contributed by atoms with Crippen LogP contribution in [0.25, 0.3) is 10.4 Å². The van der Waals surface area contributed by atoms with Crippen molar-refractivity contribution in [1.82, 2.24) is 0 Å². The molecule has 0 amide bonds. The molecule has 1 nitrogen and oxygen atoms in total. The van der Waals surface area contributed by atoms with E-state index in [1.54, 1.807) is 11.3 Å². The van der Waals surface area contributed by atoms with E-state index >= 15 is 0 Å². The highest BCUT2D eigenvalue weighted by molar-refractivity contribution is 7.13. The predicted octanol–water partition coefficient (Wildman–Crippen LogP) is 4.99. The van der Waals surface area contributed by atoms with Gasteiger partial charge in [-0.3, -0.25) is 0 Å². The van der Waals surface area contributed by atoms with Crippen LogP contribution in [-0.4, -0.2) is 5.11 Å². The molecule has 0 atom stereocenters. The Balaban J connectivity index is 2.47. The van der Waals surface area contributed by atoms with Gasteiger partial charge in [-0.1, -0.05) is 45.0 Å². The van der Waals surface area contributed by atoms with Crippen molar-refractivity contribution in [1.29, 1.82) is 0 Å². The first kappa shape index (κ1) is 14.3. The van der Waals surface area contributed by atoms with E-state index in [4.69, 9.17) is 0 Å². The van der Waals surface area contributed by atoms with E-state index in [-0.39, 0.29) is 0 Å². The summed E-state index contributed by atoms with van der Waals surface area (Å²) in [5, 5.41) is 12.8. The lowest BCUT2D eigenvalue weighted by Crippen LogP contribution is -2.23. The summed E-state index contributed by atoms with van der Waals surface area (Å²) in [6.07, 6.45) is 2.50. The molecule has 0 spiro atoms. The molecular weight excluding hydrogens is 252 g/mol. The first-order chi connectivity index (χ1) is 9.14.